The molecule has 2 aromatic carbocycles. The van der Waals surface area contributed by atoms with E-state index >= 15 is 0 Å². The fraction of sp³-hybridized carbons (Fsp3) is 0.273. The molecule has 0 saturated carbocycles. The summed E-state index contributed by atoms with van der Waals surface area (Å²) in [6.45, 7) is 3.30. The summed E-state index contributed by atoms with van der Waals surface area (Å²) in [6.07, 6.45) is 1.48. The van der Waals surface area contributed by atoms with Crippen LogP contribution in [0.5, 0.6) is 11.5 Å². The van der Waals surface area contributed by atoms with Gasteiger partial charge in [0.2, 0.25) is 0 Å². The summed E-state index contributed by atoms with van der Waals surface area (Å²) in [6, 6.07) is 12.4. The van der Waals surface area contributed by atoms with Gasteiger partial charge in [-0.05, 0) is 55.0 Å². The van der Waals surface area contributed by atoms with E-state index in [2.05, 4.69) is 20.8 Å². The number of hydrazone groups is 1. The number of carbonyl (C=O) groups is 2. The van der Waals surface area contributed by atoms with Crippen molar-refractivity contribution in [1.82, 2.24) is 5.43 Å². The maximum atomic E-state index is 12.1. The average molecular weight is 473 g/mol. The Hall–Kier alpha value is -2.98. The molecule has 1 aliphatic rings. The fourth-order valence-corrected chi connectivity index (χ4v) is 4.73. The summed E-state index contributed by atoms with van der Waals surface area (Å²) in [7, 11) is 1.63. The zero-order chi connectivity index (χ0) is 22.8. The summed E-state index contributed by atoms with van der Waals surface area (Å²) in [5.74, 6) is 1.53. The summed E-state index contributed by atoms with van der Waals surface area (Å²) in [5.41, 5.74) is 4.50. The fourth-order valence-electron chi connectivity index (χ4n) is 2.74. The van der Waals surface area contributed by atoms with E-state index in [-0.39, 0.29) is 0 Å². The Morgan fingerprint density at radius 1 is 1.22 bits per heavy atom. The molecule has 2 amide bonds. The van der Waals surface area contributed by atoms with Crippen molar-refractivity contribution in [3.8, 4) is 11.5 Å². The van der Waals surface area contributed by atoms with Crippen LogP contribution in [0.1, 0.15) is 18.1 Å². The molecule has 0 atom stereocenters. The van der Waals surface area contributed by atoms with E-state index in [0.29, 0.717) is 23.8 Å². The van der Waals surface area contributed by atoms with Crippen molar-refractivity contribution in [3.05, 3.63) is 53.6 Å². The van der Waals surface area contributed by atoms with Crippen molar-refractivity contribution in [3.63, 3.8) is 0 Å². The minimum Gasteiger partial charge on any atom is -0.496 e. The van der Waals surface area contributed by atoms with E-state index in [0.717, 1.165) is 33.5 Å². The van der Waals surface area contributed by atoms with Crippen molar-refractivity contribution in [2.24, 2.45) is 10.1 Å². The van der Waals surface area contributed by atoms with Gasteiger partial charge in [-0.2, -0.15) is 5.10 Å². The zero-order valence-corrected chi connectivity index (χ0v) is 19.4. The Morgan fingerprint density at radius 2 is 2.03 bits per heavy atom. The molecule has 0 unspecified atom stereocenters. The van der Waals surface area contributed by atoms with Crippen molar-refractivity contribution in [2.75, 3.05) is 31.3 Å². The van der Waals surface area contributed by atoms with Crippen molar-refractivity contribution in [1.29, 1.82) is 0 Å². The highest BCUT2D eigenvalue weighted by Crippen LogP contribution is 2.29. The van der Waals surface area contributed by atoms with E-state index < -0.39 is 11.8 Å². The maximum absolute atomic E-state index is 12.1. The smallest absolute Gasteiger partial charge is 0.329 e. The number of hydrogen-bond donors (Lipinski definition) is 2. The quantitative estimate of drug-likeness (QED) is 0.346. The molecule has 32 heavy (non-hydrogen) atoms. The predicted octanol–water partition coefficient (Wildman–Crippen LogP) is 3.52. The van der Waals surface area contributed by atoms with E-state index in [1.165, 1.54) is 6.21 Å². The van der Waals surface area contributed by atoms with Gasteiger partial charge in [0.15, 0.2) is 0 Å². The molecule has 8 nitrogen and oxygen atoms in total. The first-order valence-electron chi connectivity index (χ1n) is 9.93. The van der Waals surface area contributed by atoms with Gasteiger partial charge < -0.3 is 14.8 Å². The van der Waals surface area contributed by atoms with Crippen LogP contribution in [0.3, 0.4) is 0 Å². The maximum Gasteiger partial charge on any atom is 0.329 e. The molecule has 0 radical (unpaired) electrons. The number of methoxy groups -OCH3 is 1. The van der Waals surface area contributed by atoms with Crippen LogP contribution in [-0.4, -0.2) is 48.4 Å². The molecule has 2 aromatic rings. The molecule has 0 aliphatic carbocycles. The van der Waals surface area contributed by atoms with E-state index in [1.807, 2.05) is 25.1 Å². The molecule has 0 bridgehead atoms. The van der Waals surface area contributed by atoms with Crippen LogP contribution in [-0.2, 0) is 15.3 Å². The highest BCUT2D eigenvalue weighted by Gasteiger charge is 2.13. The Labute approximate surface area is 195 Å². The number of ether oxygens (including phenoxy) is 2. The van der Waals surface area contributed by atoms with Crippen molar-refractivity contribution < 1.29 is 19.1 Å². The second-order valence-corrected chi connectivity index (χ2v) is 8.77. The summed E-state index contributed by atoms with van der Waals surface area (Å²) in [4.78, 5) is 28.5. The topological polar surface area (TPSA) is 101 Å². The normalized spacial score (nSPS) is 13.0. The molecule has 0 spiro atoms. The molecule has 168 valence electrons. The minimum atomic E-state index is -0.865. The Balaban J connectivity index is 1.54. The third kappa shape index (κ3) is 7.03. The van der Waals surface area contributed by atoms with E-state index in [4.69, 9.17) is 9.47 Å². The van der Waals surface area contributed by atoms with Gasteiger partial charge in [-0.3, -0.25) is 14.6 Å². The highest BCUT2D eigenvalue weighted by molar-refractivity contribution is 8.38. The second kappa shape index (κ2) is 12.2. The number of thioether (sulfide) groups is 2. The van der Waals surface area contributed by atoms with Gasteiger partial charge in [-0.1, -0.05) is 23.5 Å². The molecule has 3 rings (SSSR count). The van der Waals surface area contributed by atoms with Crippen molar-refractivity contribution >= 4 is 51.6 Å². The third-order valence-electron chi connectivity index (χ3n) is 4.22. The SMILES string of the molecule is CCOc1ccc(NC(=O)C(=O)NN=Cc2ccc(OC)c(CSC3=NCCS3)c2)cc1. The number of amides is 2. The number of anilines is 1. The van der Waals surface area contributed by atoms with Gasteiger partial charge in [-0.25, -0.2) is 5.43 Å². The standard InChI is InChI=1S/C22H24N4O4S2/c1-3-30-18-7-5-17(6-8-18)25-20(27)21(28)26-24-13-15-4-9-19(29-2)16(12-15)14-32-22-23-10-11-31-22/h4-9,12-13H,3,10-11,14H2,1-2H3,(H,25,27)(H,26,28). The van der Waals surface area contributed by atoms with Gasteiger partial charge in [0.05, 0.1) is 26.5 Å². The Kier molecular flexibility index (Phi) is 9.00. The molecule has 0 fully saturated rings. The summed E-state index contributed by atoms with van der Waals surface area (Å²) >= 11 is 3.43. The van der Waals surface area contributed by atoms with Gasteiger partial charge in [0.25, 0.3) is 0 Å². The Morgan fingerprint density at radius 3 is 2.72 bits per heavy atom. The number of hydrogen-bond acceptors (Lipinski definition) is 8. The number of aliphatic imine (C=N–C) groups is 1. The largest absolute Gasteiger partial charge is 0.496 e. The lowest BCUT2D eigenvalue weighted by atomic mass is 10.1. The monoisotopic (exact) mass is 472 g/mol. The molecular weight excluding hydrogens is 448 g/mol. The minimum absolute atomic E-state index is 0.486. The number of rotatable bonds is 8. The first kappa shape index (κ1) is 23.7. The molecule has 1 heterocycles. The van der Waals surface area contributed by atoms with Crippen LogP contribution < -0.4 is 20.2 Å². The van der Waals surface area contributed by atoms with Crippen LogP contribution in [0.15, 0.2) is 52.6 Å². The molecule has 0 saturated heterocycles. The summed E-state index contributed by atoms with van der Waals surface area (Å²) in [5, 5.41) is 6.41. The number of carbonyl (C=O) groups excluding carboxylic acids is 2. The van der Waals surface area contributed by atoms with Crippen LogP contribution >= 0.6 is 23.5 Å². The Bertz CT molecular complexity index is 1010. The lowest BCUT2D eigenvalue weighted by Gasteiger charge is -2.09. The molecular formula is C22H24N4O4S2. The van der Waals surface area contributed by atoms with E-state index in [1.54, 1.807) is 54.9 Å². The molecule has 10 heteroatoms. The molecule has 0 aromatic heterocycles. The number of nitrogens with zero attached hydrogens (tertiary/aromatic N) is 2. The number of nitrogens with one attached hydrogen (secondary N) is 2. The number of benzene rings is 2. The van der Waals surface area contributed by atoms with Crippen LogP contribution in [0.2, 0.25) is 0 Å². The molecule has 1 aliphatic heterocycles. The lowest BCUT2D eigenvalue weighted by Crippen LogP contribution is -2.32. The molecule has 2 N–H and O–H groups in total. The van der Waals surface area contributed by atoms with Crippen molar-refractivity contribution in [2.45, 2.75) is 12.7 Å². The van der Waals surface area contributed by atoms with Crippen LogP contribution in [0.4, 0.5) is 5.69 Å². The van der Waals surface area contributed by atoms with Gasteiger partial charge in [-0.15, -0.1) is 0 Å². The van der Waals surface area contributed by atoms with E-state index in [9.17, 15) is 9.59 Å². The second-order valence-electron chi connectivity index (χ2n) is 6.47. The summed E-state index contributed by atoms with van der Waals surface area (Å²) < 4.78 is 11.9. The van der Waals surface area contributed by atoms with Crippen LogP contribution in [0.25, 0.3) is 0 Å². The van der Waals surface area contributed by atoms with Gasteiger partial charge in [0, 0.05) is 22.8 Å². The predicted molar refractivity (Wildman–Crippen MR) is 131 cm³/mol. The lowest BCUT2D eigenvalue weighted by molar-refractivity contribution is -0.136. The van der Waals surface area contributed by atoms with Crippen LogP contribution in [0, 0.1) is 0 Å². The average Bonchev–Trinajstić information content (AvgIpc) is 3.33. The first-order valence-corrected chi connectivity index (χ1v) is 11.9. The third-order valence-corrected chi connectivity index (χ3v) is 6.52. The van der Waals surface area contributed by atoms with Gasteiger partial charge in [0.1, 0.15) is 15.9 Å². The van der Waals surface area contributed by atoms with Gasteiger partial charge >= 0.3 is 11.8 Å². The highest BCUT2D eigenvalue weighted by atomic mass is 32.2. The first-order chi connectivity index (χ1) is 15.6. The zero-order valence-electron chi connectivity index (χ0n) is 17.8.